The molecule has 0 aliphatic heterocycles. The number of aryl methyl sites for hydroxylation is 1. The van der Waals surface area contributed by atoms with Crippen LogP contribution >= 0.6 is 11.8 Å². The van der Waals surface area contributed by atoms with Gasteiger partial charge in [0, 0.05) is 50.4 Å². The molecule has 0 atom stereocenters. The number of rotatable bonds is 9. The summed E-state index contributed by atoms with van der Waals surface area (Å²) in [5, 5.41) is 4.43. The molecule has 0 saturated heterocycles. The van der Waals surface area contributed by atoms with Gasteiger partial charge in [-0.05, 0) is 0 Å². The van der Waals surface area contributed by atoms with Gasteiger partial charge in [0.05, 0.1) is 26.9 Å². The number of thioether (sulfide) groups is 1. The third-order valence-electron chi connectivity index (χ3n) is 3.41. The zero-order valence-corrected chi connectivity index (χ0v) is 14.8. The molecule has 1 aromatic heterocycles. The Kier molecular flexibility index (Phi) is 6.61. The van der Waals surface area contributed by atoms with Crippen LogP contribution in [0.4, 0.5) is 0 Å². The molecule has 0 spiro atoms. The molecule has 0 radical (unpaired) electrons. The molecule has 0 bridgehead atoms. The average Bonchev–Trinajstić information content (AvgIpc) is 2.99. The van der Waals surface area contributed by atoms with Gasteiger partial charge in [-0.25, -0.2) is 4.98 Å². The minimum atomic E-state index is 0.664. The van der Waals surface area contributed by atoms with E-state index in [0.717, 1.165) is 34.5 Å². The van der Waals surface area contributed by atoms with Gasteiger partial charge in [0.25, 0.3) is 0 Å². The van der Waals surface area contributed by atoms with Crippen LogP contribution in [0.5, 0.6) is 17.2 Å². The molecule has 0 amide bonds. The topological polar surface area (TPSA) is 57.5 Å². The van der Waals surface area contributed by atoms with Gasteiger partial charge >= 0.3 is 0 Å². The van der Waals surface area contributed by atoms with Crippen LogP contribution < -0.4 is 19.5 Å². The fourth-order valence-corrected chi connectivity index (χ4v) is 3.00. The summed E-state index contributed by atoms with van der Waals surface area (Å²) in [6.45, 7) is 1.52. The van der Waals surface area contributed by atoms with E-state index in [4.69, 9.17) is 14.2 Å². The van der Waals surface area contributed by atoms with E-state index in [9.17, 15) is 0 Å². The van der Waals surface area contributed by atoms with Crippen molar-refractivity contribution in [3.05, 3.63) is 30.1 Å². The molecule has 1 heterocycles. The highest BCUT2D eigenvalue weighted by Gasteiger charge is 2.12. The largest absolute Gasteiger partial charge is 0.496 e. The maximum atomic E-state index is 5.44. The van der Waals surface area contributed by atoms with Gasteiger partial charge in [0.15, 0.2) is 5.16 Å². The predicted molar refractivity (Wildman–Crippen MR) is 91.7 cm³/mol. The number of hydrogen-bond donors (Lipinski definition) is 1. The van der Waals surface area contributed by atoms with Crippen molar-refractivity contribution in [3.63, 3.8) is 0 Å². The number of imidazole rings is 1. The second kappa shape index (κ2) is 8.69. The number of benzene rings is 1. The van der Waals surface area contributed by atoms with E-state index >= 15 is 0 Å². The summed E-state index contributed by atoms with van der Waals surface area (Å²) in [4.78, 5) is 4.29. The standard InChI is InChI=1S/C16H23N3O3S/c1-19-7-5-18-16(19)23-8-6-17-11-13-14(21-3)9-12(20-2)10-15(13)22-4/h5,7,9-10,17H,6,8,11H2,1-4H3. The monoisotopic (exact) mass is 337 g/mol. The van der Waals surface area contributed by atoms with Crippen LogP contribution in [0, 0.1) is 0 Å². The quantitative estimate of drug-likeness (QED) is 0.560. The molecule has 0 unspecified atom stereocenters. The van der Waals surface area contributed by atoms with Crippen molar-refractivity contribution >= 4 is 11.8 Å². The molecule has 1 aromatic carbocycles. The molecule has 6 nitrogen and oxygen atoms in total. The molecular formula is C16H23N3O3S. The first-order valence-electron chi connectivity index (χ1n) is 7.29. The van der Waals surface area contributed by atoms with Crippen LogP contribution in [0.2, 0.25) is 0 Å². The normalized spacial score (nSPS) is 10.6. The number of ether oxygens (including phenoxy) is 3. The molecule has 2 rings (SSSR count). The zero-order chi connectivity index (χ0) is 16.7. The highest BCUT2D eigenvalue weighted by atomic mass is 32.2. The second-order valence-electron chi connectivity index (χ2n) is 4.86. The van der Waals surface area contributed by atoms with E-state index in [0.29, 0.717) is 12.3 Å². The highest BCUT2D eigenvalue weighted by Crippen LogP contribution is 2.33. The SMILES string of the molecule is COc1cc(OC)c(CNCCSc2nccn2C)c(OC)c1. The Bertz CT molecular complexity index is 606. The number of methoxy groups -OCH3 is 3. The highest BCUT2D eigenvalue weighted by molar-refractivity contribution is 7.99. The van der Waals surface area contributed by atoms with Gasteiger partial charge in [-0.15, -0.1) is 0 Å². The maximum absolute atomic E-state index is 5.44. The van der Waals surface area contributed by atoms with Crippen molar-refractivity contribution < 1.29 is 14.2 Å². The smallest absolute Gasteiger partial charge is 0.167 e. The predicted octanol–water partition coefficient (Wildman–Crippen LogP) is 2.33. The lowest BCUT2D eigenvalue weighted by Crippen LogP contribution is -2.18. The van der Waals surface area contributed by atoms with Crippen molar-refractivity contribution in [3.8, 4) is 17.2 Å². The Morgan fingerprint density at radius 2 is 1.83 bits per heavy atom. The number of hydrogen-bond acceptors (Lipinski definition) is 6. The second-order valence-corrected chi connectivity index (χ2v) is 5.92. The first-order valence-corrected chi connectivity index (χ1v) is 8.28. The van der Waals surface area contributed by atoms with E-state index in [1.807, 2.05) is 36.1 Å². The van der Waals surface area contributed by atoms with Crippen molar-refractivity contribution in [1.82, 2.24) is 14.9 Å². The van der Waals surface area contributed by atoms with Crippen LogP contribution in [-0.4, -0.2) is 43.2 Å². The lowest BCUT2D eigenvalue weighted by atomic mass is 10.1. The molecule has 1 N–H and O–H groups in total. The first kappa shape index (κ1) is 17.5. The molecule has 23 heavy (non-hydrogen) atoms. The van der Waals surface area contributed by atoms with Crippen molar-refractivity contribution in [2.75, 3.05) is 33.6 Å². The Morgan fingerprint density at radius 1 is 1.13 bits per heavy atom. The zero-order valence-electron chi connectivity index (χ0n) is 14.0. The lowest BCUT2D eigenvalue weighted by Gasteiger charge is -2.15. The summed E-state index contributed by atoms with van der Waals surface area (Å²) >= 11 is 1.72. The van der Waals surface area contributed by atoms with Gasteiger partial charge in [0.2, 0.25) is 0 Å². The molecule has 2 aromatic rings. The molecule has 0 fully saturated rings. The van der Waals surface area contributed by atoms with Crippen LogP contribution in [0.1, 0.15) is 5.56 Å². The van der Waals surface area contributed by atoms with Gasteiger partial charge in [-0.3, -0.25) is 0 Å². The fourth-order valence-electron chi connectivity index (χ4n) is 2.17. The first-order chi connectivity index (χ1) is 11.2. The summed E-state index contributed by atoms with van der Waals surface area (Å²) in [7, 11) is 6.92. The summed E-state index contributed by atoms with van der Waals surface area (Å²) in [6.07, 6.45) is 3.76. The van der Waals surface area contributed by atoms with Crippen LogP contribution in [0.15, 0.2) is 29.7 Å². The van der Waals surface area contributed by atoms with Crippen LogP contribution in [-0.2, 0) is 13.6 Å². The number of nitrogens with one attached hydrogen (secondary N) is 1. The minimum absolute atomic E-state index is 0.664. The average molecular weight is 337 g/mol. The van der Waals surface area contributed by atoms with Crippen molar-refractivity contribution in [2.45, 2.75) is 11.7 Å². The van der Waals surface area contributed by atoms with Gasteiger partial charge in [-0.1, -0.05) is 11.8 Å². The summed E-state index contributed by atoms with van der Waals surface area (Å²) in [5.41, 5.74) is 0.984. The third-order valence-corrected chi connectivity index (χ3v) is 4.47. The van der Waals surface area contributed by atoms with Gasteiger partial charge < -0.3 is 24.1 Å². The fraction of sp³-hybridized carbons (Fsp3) is 0.438. The Morgan fingerprint density at radius 3 is 2.35 bits per heavy atom. The van der Waals surface area contributed by atoms with Gasteiger partial charge in [0.1, 0.15) is 17.2 Å². The van der Waals surface area contributed by atoms with E-state index in [2.05, 4.69) is 10.3 Å². The number of nitrogens with zero attached hydrogens (tertiary/aromatic N) is 2. The van der Waals surface area contributed by atoms with E-state index in [1.165, 1.54) is 0 Å². The Labute approximate surface area is 141 Å². The maximum Gasteiger partial charge on any atom is 0.167 e. The molecule has 126 valence electrons. The number of aromatic nitrogens is 2. The molecular weight excluding hydrogens is 314 g/mol. The van der Waals surface area contributed by atoms with E-state index in [1.54, 1.807) is 33.1 Å². The lowest BCUT2D eigenvalue weighted by molar-refractivity contribution is 0.367. The summed E-state index contributed by atoms with van der Waals surface area (Å²) in [6, 6.07) is 3.73. The third kappa shape index (κ3) is 4.56. The van der Waals surface area contributed by atoms with Gasteiger partial charge in [-0.2, -0.15) is 0 Å². The van der Waals surface area contributed by atoms with Crippen LogP contribution in [0.3, 0.4) is 0 Å². The Hall–Kier alpha value is -1.86. The summed E-state index contributed by atoms with van der Waals surface area (Å²) in [5.74, 6) is 3.16. The van der Waals surface area contributed by atoms with E-state index in [-0.39, 0.29) is 0 Å². The molecule has 0 aliphatic rings. The van der Waals surface area contributed by atoms with Crippen molar-refractivity contribution in [2.24, 2.45) is 7.05 Å². The van der Waals surface area contributed by atoms with E-state index < -0.39 is 0 Å². The molecule has 7 heteroatoms. The molecule has 0 saturated carbocycles. The molecule has 0 aliphatic carbocycles. The summed E-state index contributed by atoms with van der Waals surface area (Å²) < 4.78 is 18.2. The van der Waals surface area contributed by atoms with Crippen molar-refractivity contribution in [1.29, 1.82) is 0 Å². The minimum Gasteiger partial charge on any atom is -0.496 e. The van der Waals surface area contributed by atoms with Crippen LogP contribution in [0.25, 0.3) is 0 Å². The Balaban J connectivity index is 1.90.